The van der Waals surface area contributed by atoms with Crippen molar-refractivity contribution in [2.45, 2.75) is 26.7 Å². The molecular formula is C16H21N3O. The number of nitrogen functional groups attached to an aromatic ring is 1. The van der Waals surface area contributed by atoms with Crippen LogP contribution >= 0.6 is 0 Å². The maximum absolute atomic E-state index is 12.7. The lowest BCUT2D eigenvalue weighted by molar-refractivity contribution is 0.0632. The molecule has 1 aromatic carbocycles. The van der Waals surface area contributed by atoms with Crippen LogP contribution in [0.5, 0.6) is 0 Å². The number of amides is 1. The number of hydrogen-bond donors (Lipinski definition) is 2. The lowest BCUT2D eigenvalue weighted by atomic mass is 9.82. The van der Waals surface area contributed by atoms with Crippen LogP contribution in [0.3, 0.4) is 0 Å². The molecule has 3 rings (SSSR count). The number of carbonyl (C=O) groups is 1. The van der Waals surface area contributed by atoms with Crippen molar-refractivity contribution < 1.29 is 4.79 Å². The molecule has 1 amide bonds. The van der Waals surface area contributed by atoms with Crippen LogP contribution in [-0.4, -0.2) is 28.9 Å². The van der Waals surface area contributed by atoms with Gasteiger partial charge in [0.1, 0.15) is 0 Å². The number of carbonyl (C=O) groups excluding carboxylic acids is 1. The number of nitrogens with one attached hydrogen (secondary N) is 1. The van der Waals surface area contributed by atoms with Crippen LogP contribution in [0, 0.1) is 5.41 Å². The molecule has 106 valence electrons. The first-order valence-electron chi connectivity index (χ1n) is 7.12. The average molecular weight is 271 g/mol. The Kier molecular flexibility index (Phi) is 2.96. The van der Waals surface area contributed by atoms with Gasteiger partial charge in [0.2, 0.25) is 0 Å². The summed E-state index contributed by atoms with van der Waals surface area (Å²) in [5.74, 6) is 0.109. The highest BCUT2D eigenvalue weighted by molar-refractivity contribution is 6.07. The zero-order chi connectivity index (χ0) is 14.3. The van der Waals surface area contributed by atoms with Crippen LogP contribution in [-0.2, 0) is 0 Å². The van der Waals surface area contributed by atoms with Crippen molar-refractivity contribution in [2.24, 2.45) is 5.41 Å². The minimum absolute atomic E-state index is 0.109. The standard InChI is InChI=1S/C16H21N3O/c1-16(2)5-7-19(8-6-16)15(20)13-10-18-14-4-3-11(17)9-12(13)14/h3-4,9-10,18H,5-8,17H2,1-2H3. The van der Waals surface area contributed by atoms with Gasteiger partial charge < -0.3 is 15.6 Å². The van der Waals surface area contributed by atoms with Gasteiger partial charge in [-0.15, -0.1) is 0 Å². The first kappa shape index (κ1) is 13.0. The number of nitrogens with zero attached hydrogens (tertiary/aromatic N) is 1. The van der Waals surface area contributed by atoms with Gasteiger partial charge in [0.15, 0.2) is 0 Å². The molecule has 0 aliphatic carbocycles. The van der Waals surface area contributed by atoms with E-state index in [0.717, 1.165) is 42.4 Å². The van der Waals surface area contributed by atoms with Crippen molar-refractivity contribution in [3.8, 4) is 0 Å². The summed E-state index contributed by atoms with van der Waals surface area (Å²) < 4.78 is 0. The van der Waals surface area contributed by atoms with Crippen molar-refractivity contribution in [3.05, 3.63) is 30.0 Å². The summed E-state index contributed by atoms with van der Waals surface area (Å²) in [7, 11) is 0. The van der Waals surface area contributed by atoms with Gasteiger partial charge in [0, 0.05) is 35.9 Å². The molecule has 0 radical (unpaired) electrons. The van der Waals surface area contributed by atoms with Gasteiger partial charge >= 0.3 is 0 Å². The predicted octanol–water partition coefficient (Wildman–Crippen LogP) is 3.01. The number of fused-ring (bicyclic) bond motifs is 1. The topological polar surface area (TPSA) is 62.1 Å². The van der Waals surface area contributed by atoms with Gasteiger partial charge in [0.25, 0.3) is 5.91 Å². The first-order chi connectivity index (χ1) is 9.46. The zero-order valence-corrected chi connectivity index (χ0v) is 12.1. The Morgan fingerprint density at radius 2 is 2.00 bits per heavy atom. The van der Waals surface area contributed by atoms with Gasteiger partial charge in [-0.3, -0.25) is 4.79 Å². The largest absolute Gasteiger partial charge is 0.399 e. The van der Waals surface area contributed by atoms with E-state index in [2.05, 4.69) is 18.8 Å². The molecule has 1 saturated heterocycles. The molecule has 0 bridgehead atoms. The fourth-order valence-electron chi connectivity index (χ4n) is 2.80. The molecule has 1 aliphatic rings. The number of aromatic nitrogens is 1. The summed E-state index contributed by atoms with van der Waals surface area (Å²) in [5, 5.41) is 0.917. The van der Waals surface area contributed by atoms with Gasteiger partial charge in [-0.25, -0.2) is 0 Å². The summed E-state index contributed by atoms with van der Waals surface area (Å²) in [6, 6.07) is 5.63. The van der Waals surface area contributed by atoms with E-state index in [0.29, 0.717) is 11.1 Å². The minimum Gasteiger partial charge on any atom is -0.399 e. The molecule has 1 aromatic heterocycles. The summed E-state index contributed by atoms with van der Waals surface area (Å²) in [4.78, 5) is 17.8. The fourth-order valence-corrected chi connectivity index (χ4v) is 2.80. The molecule has 4 nitrogen and oxygen atoms in total. The maximum atomic E-state index is 12.7. The van der Waals surface area contributed by atoms with Crippen molar-refractivity contribution in [3.63, 3.8) is 0 Å². The Morgan fingerprint density at radius 1 is 1.30 bits per heavy atom. The highest BCUT2D eigenvalue weighted by Gasteiger charge is 2.29. The minimum atomic E-state index is 0.109. The third-order valence-electron chi connectivity index (χ3n) is 4.34. The van der Waals surface area contributed by atoms with E-state index in [-0.39, 0.29) is 5.91 Å². The van der Waals surface area contributed by atoms with Gasteiger partial charge in [0.05, 0.1) is 5.56 Å². The van der Waals surface area contributed by atoms with Crippen molar-refractivity contribution in [2.75, 3.05) is 18.8 Å². The molecule has 3 N–H and O–H groups in total. The second kappa shape index (κ2) is 4.54. The fraction of sp³-hybridized carbons (Fsp3) is 0.438. The smallest absolute Gasteiger partial charge is 0.256 e. The van der Waals surface area contributed by atoms with E-state index in [1.165, 1.54) is 0 Å². The Morgan fingerprint density at radius 3 is 2.70 bits per heavy atom. The molecule has 2 heterocycles. The molecule has 4 heteroatoms. The second-order valence-electron chi connectivity index (χ2n) is 6.46. The molecule has 20 heavy (non-hydrogen) atoms. The van der Waals surface area contributed by atoms with Crippen LogP contribution in [0.1, 0.15) is 37.0 Å². The highest BCUT2D eigenvalue weighted by atomic mass is 16.2. The van der Waals surface area contributed by atoms with E-state index in [1.54, 1.807) is 6.20 Å². The molecule has 1 fully saturated rings. The van der Waals surface area contributed by atoms with Crippen molar-refractivity contribution >= 4 is 22.5 Å². The van der Waals surface area contributed by atoms with Crippen LogP contribution in [0.25, 0.3) is 10.9 Å². The van der Waals surface area contributed by atoms with E-state index in [1.807, 2.05) is 23.1 Å². The maximum Gasteiger partial charge on any atom is 0.256 e. The Bertz CT molecular complexity index is 647. The number of anilines is 1. The lowest BCUT2D eigenvalue weighted by Gasteiger charge is -2.36. The molecule has 2 aromatic rings. The SMILES string of the molecule is CC1(C)CCN(C(=O)c2c[nH]c3ccc(N)cc23)CC1. The van der Waals surface area contributed by atoms with E-state index >= 15 is 0 Å². The Balaban J connectivity index is 1.88. The number of aromatic amines is 1. The van der Waals surface area contributed by atoms with Gasteiger partial charge in [-0.2, -0.15) is 0 Å². The normalized spacial score (nSPS) is 18.4. The average Bonchev–Trinajstić information content (AvgIpc) is 2.81. The van der Waals surface area contributed by atoms with Gasteiger partial charge in [-0.1, -0.05) is 13.8 Å². The van der Waals surface area contributed by atoms with Gasteiger partial charge in [-0.05, 0) is 36.5 Å². The summed E-state index contributed by atoms with van der Waals surface area (Å²) >= 11 is 0. The number of likely N-dealkylation sites (tertiary alicyclic amines) is 1. The predicted molar refractivity (Wildman–Crippen MR) is 81.6 cm³/mol. The number of benzene rings is 1. The second-order valence-corrected chi connectivity index (χ2v) is 6.46. The molecule has 0 spiro atoms. The zero-order valence-electron chi connectivity index (χ0n) is 12.1. The van der Waals surface area contributed by atoms with Crippen LogP contribution in [0.15, 0.2) is 24.4 Å². The van der Waals surface area contributed by atoms with Crippen LogP contribution in [0.4, 0.5) is 5.69 Å². The Labute approximate surface area is 118 Å². The molecule has 0 atom stereocenters. The van der Waals surface area contributed by atoms with Crippen LogP contribution < -0.4 is 5.73 Å². The van der Waals surface area contributed by atoms with E-state index in [4.69, 9.17) is 5.73 Å². The molecule has 1 aliphatic heterocycles. The van der Waals surface area contributed by atoms with E-state index in [9.17, 15) is 4.79 Å². The number of piperidine rings is 1. The third-order valence-corrected chi connectivity index (χ3v) is 4.34. The van der Waals surface area contributed by atoms with E-state index < -0.39 is 0 Å². The number of nitrogens with two attached hydrogens (primary N) is 1. The number of rotatable bonds is 1. The first-order valence-corrected chi connectivity index (χ1v) is 7.12. The Hall–Kier alpha value is -1.97. The monoisotopic (exact) mass is 271 g/mol. The number of hydrogen-bond acceptors (Lipinski definition) is 2. The summed E-state index contributed by atoms with van der Waals surface area (Å²) in [6.45, 7) is 6.20. The molecule has 0 saturated carbocycles. The van der Waals surface area contributed by atoms with Crippen molar-refractivity contribution in [1.82, 2.24) is 9.88 Å². The summed E-state index contributed by atoms with van der Waals surface area (Å²) in [5.41, 5.74) is 8.55. The quantitative estimate of drug-likeness (QED) is 0.783. The van der Waals surface area contributed by atoms with Crippen molar-refractivity contribution in [1.29, 1.82) is 0 Å². The number of H-pyrrole nitrogens is 1. The lowest BCUT2D eigenvalue weighted by Crippen LogP contribution is -2.41. The third kappa shape index (κ3) is 2.26. The summed E-state index contributed by atoms with van der Waals surface area (Å²) in [6.07, 6.45) is 3.92. The molecular weight excluding hydrogens is 250 g/mol. The highest BCUT2D eigenvalue weighted by Crippen LogP contribution is 2.31. The molecule has 0 unspecified atom stereocenters. The van der Waals surface area contributed by atoms with Crippen LogP contribution in [0.2, 0.25) is 0 Å².